The Labute approximate surface area is 430 Å². The van der Waals surface area contributed by atoms with Crippen molar-refractivity contribution in [3.8, 4) is 22.3 Å². The van der Waals surface area contributed by atoms with Gasteiger partial charge < -0.3 is 14.6 Å². The topological polar surface area (TPSA) is 28.4 Å². The van der Waals surface area contributed by atoms with Crippen molar-refractivity contribution >= 4 is 100 Å². The smallest absolute Gasteiger partial charge is 0.211 e. The summed E-state index contributed by atoms with van der Waals surface area (Å²) in [5.41, 5.74) is 24.3. The number of nitrogens with one attached hydrogen (secondary N) is 1. The van der Waals surface area contributed by atoms with Gasteiger partial charge in [0, 0.05) is 43.5 Å². The molecule has 13 rings (SSSR count). The minimum atomic E-state index is 0.0414. The van der Waals surface area contributed by atoms with E-state index in [1.165, 1.54) is 129 Å². The first-order valence-corrected chi connectivity index (χ1v) is 27.2. The molecule has 0 unspecified atom stereocenters. The van der Waals surface area contributed by atoms with E-state index in [0.29, 0.717) is 0 Å². The van der Waals surface area contributed by atoms with Crippen molar-refractivity contribution in [2.24, 2.45) is 0 Å². The normalized spacial score (nSPS) is 17.1. The summed E-state index contributed by atoms with van der Waals surface area (Å²) in [5, 5.41) is 10.1. The highest BCUT2D eigenvalue weighted by molar-refractivity contribution is 7.29. The summed E-state index contributed by atoms with van der Waals surface area (Å²) in [7, 11) is 0.828. The quantitative estimate of drug-likeness (QED) is 0.174. The Morgan fingerprint density at radius 1 is 0.514 bits per heavy atom. The SMILES string of the molecule is Cc1cc2c(cc1N1c3cc(-c4c(C)cccc4C)cc(-c4cc5ccccc5cc4Nc4cccc5c4oc4ccccc45)c3Bc3sc4cc5c(cc4c31)C(C)(C)CCC5(C)C)C(C)(C)CCC2(C)C. The molecule has 0 bridgehead atoms. The largest absolute Gasteiger partial charge is 0.454 e. The second-order valence-corrected chi connectivity index (χ2v) is 25.6. The van der Waals surface area contributed by atoms with Gasteiger partial charge in [-0.2, -0.15) is 0 Å². The summed E-state index contributed by atoms with van der Waals surface area (Å²) in [4.78, 5) is 2.75. The van der Waals surface area contributed by atoms with Gasteiger partial charge in [0.05, 0.1) is 11.4 Å². The van der Waals surface area contributed by atoms with Crippen LogP contribution in [0, 0.1) is 20.8 Å². The molecule has 0 fully saturated rings. The van der Waals surface area contributed by atoms with E-state index < -0.39 is 0 Å². The van der Waals surface area contributed by atoms with Gasteiger partial charge >= 0.3 is 0 Å². The predicted octanol–water partition coefficient (Wildman–Crippen LogP) is 17.8. The highest BCUT2D eigenvalue weighted by Gasteiger charge is 2.42. The standard InChI is InChI=1S/C67H65BN2OS/c1-38-18-16-19-39(2)59(38)43-32-47(46-31-41-20-12-13-21-42(41)33-54(46)69-53-24-17-23-45-44-22-14-15-25-57(44)71-62(45)53)60-56(34-43)70(55-36-51-49(30-40(55)3)64(4,5)26-28-66(51,8)9)61-48-35-50-52(37-58(48)72-63(61)68-60)67(10,11)29-27-65(50,6)7/h12-25,30-37,68-69H,26-29H2,1-11H3. The fourth-order valence-electron chi connectivity index (χ4n) is 13.3. The van der Waals surface area contributed by atoms with Gasteiger partial charge in [0.2, 0.25) is 7.28 Å². The zero-order valence-electron chi connectivity index (χ0n) is 44.0. The number of aryl methyl sites for hydroxylation is 3. The Balaban J connectivity index is 1.14. The molecule has 0 saturated carbocycles. The number of anilines is 5. The number of para-hydroxylation sites is 2. The molecule has 0 atom stereocenters. The van der Waals surface area contributed by atoms with Crippen molar-refractivity contribution in [2.75, 3.05) is 10.2 Å². The van der Waals surface area contributed by atoms with Gasteiger partial charge in [-0.05, 0) is 199 Å². The zero-order chi connectivity index (χ0) is 49.8. The van der Waals surface area contributed by atoms with E-state index in [9.17, 15) is 0 Å². The van der Waals surface area contributed by atoms with E-state index in [0.717, 1.165) is 47.0 Å². The van der Waals surface area contributed by atoms with Crippen LogP contribution in [-0.2, 0) is 21.7 Å². The molecule has 3 aliphatic rings. The van der Waals surface area contributed by atoms with Gasteiger partial charge in [0.15, 0.2) is 5.58 Å². The molecular weight excluding hydrogens is 892 g/mol. The molecule has 0 saturated heterocycles. The lowest BCUT2D eigenvalue weighted by atomic mass is 9.60. The Morgan fingerprint density at radius 2 is 1.11 bits per heavy atom. The minimum absolute atomic E-state index is 0.0414. The molecule has 3 nitrogen and oxygen atoms in total. The van der Waals surface area contributed by atoms with Crippen LogP contribution in [0.5, 0.6) is 0 Å². The van der Waals surface area contributed by atoms with E-state index in [2.05, 4.69) is 220 Å². The lowest BCUT2D eigenvalue weighted by Gasteiger charge is -2.44. The van der Waals surface area contributed by atoms with Crippen LogP contribution >= 0.6 is 11.3 Å². The van der Waals surface area contributed by atoms with Crippen LogP contribution in [0.2, 0.25) is 0 Å². The molecule has 358 valence electrons. The number of furan rings is 1. The number of nitrogens with zero attached hydrogens (tertiary/aromatic N) is 1. The Hall–Kier alpha value is -6.56. The average molecular weight is 957 g/mol. The van der Waals surface area contributed by atoms with Gasteiger partial charge in [-0.3, -0.25) is 0 Å². The lowest BCUT2D eigenvalue weighted by Crippen LogP contribution is -2.40. The zero-order valence-corrected chi connectivity index (χ0v) is 44.8. The Kier molecular flexibility index (Phi) is 9.90. The van der Waals surface area contributed by atoms with E-state index >= 15 is 0 Å². The van der Waals surface area contributed by atoms with Gasteiger partial charge in [-0.1, -0.05) is 134 Å². The van der Waals surface area contributed by atoms with E-state index in [4.69, 9.17) is 4.42 Å². The molecular formula is C67H65BN2OS. The first kappa shape index (κ1) is 45.3. The van der Waals surface area contributed by atoms with E-state index in [1.807, 2.05) is 11.3 Å². The van der Waals surface area contributed by atoms with Crippen LogP contribution in [0.4, 0.5) is 28.4 Å². The number of hydrogen-bond acceptors (Lipinski definition) is 4. The molecule has 72 heavy (non-hydrogen) atoms. The minimum Gasteiger partial charge on any atom is -0.454 e. The molecule has 0 spiro atoms. The second-order valence-electron chi connectivity index (χ2n) is 24.4. The van der Waals surface area contributed by atoms with Crippen molar-refractivity contribution in [1.29, 1.82) is 0 Å². The molecule has 3 heterocycles. The maximum atomic E-state index is 6.69. The number of rotatable bonds is 5. The maximum Gasteiger partial charge on any atom is 0.211 e. The Morgan fingerprint density at radius 3 is 1.82 bits per heavy atom. The van der Waals surface area contributed by atoms with Crippen LogP contribution in [0.3, 0.4) is 0 Å². The van der Waals surface area contributed by atoms with Gasteiger partial charge in [-0.15, -0.1) is 11.3 Å². The van der Waals surface area contributed by atoms with Crippen LogP contribution in [0.1, 0.15) is 120 Å². The molecule has 8 aromatic carbocycles. The maximum absolute atomic E-state index is 6.69. The molecule has 10 aromatic rings. The third kappa shape index (κ3) is 6.89. The van der Waals surface area contributed by atoms with Crippen molar-refractivity contribution < 1.29 is 4.42 Å². The number of fused-ring (bicyclic) bond motifs is 10. The average Bonchev–Trinajstić information content (AvgIpc) is 3.91. The molecule has 0 amide bonds. The summed E-state index contributed by atoms with van der Waals surface area (Å²) in [6.07, 6.45) is 4.72. The van der Waals surface area contributed by atoms with Crippen LogP contribution in [-0.4, -0.2) is 7.28 Å². The molecule has 1 aliphatic heterocycles. The van der Waals surface area contributed by atoms with Crippen molar-refractivity contribution in [1.82, 2.24) is 0 Å². The van der Waals surface area contributed by atoms with Crippen LogP contribution in [0.25, 0.3) is 65.1 Å². The molecule has 0 radical (unpaired) electrons. The fourth-order valence-corrected chi connectivity index (χ4v) is 14.5. The third-order valence-corrected chi connectivity index (χ3v) is 18.9. The van der Waals surface area contributed by atoms with Gasteiger partial charge in [0.25, 0.3) is 0 Å². The van der Waals surface area contributed by atoms with E-state index in [1.54, 1.807) is 0 Å². The van der Waals surface area contributed by atoms with Gasteiger partial charge in [-0.25, -0.2) is 0 Å². The van der Waals surface area contributed by atoms with Crippen LogP contribution < -0.4 is 20.5 Å². The van der Waals surface area contributed by atoms with Crippen molar-refractivity contribution in [2.45, 2.75) is 124 Å². The summed E-state index contributed by atoms with van der Waals surface area (Å²) in [6.45, 7) is 26.7. The molecule has 2 aliphatic carbocycles. The summed E-state index contributed by atoms with van der Waals surface area (Å²) in [6, 6.07) is 50.8. The number of hydrogen-bond donors (Lipinski definition) is 1. The first-order valence-electron chi connectivity index (χ1n) is 26.4. The predicted molar refractivity (Wildman–Crippen MR) is 313 cm³/mol. The lowest BCUT2D eigenvalue weighted by molar-refractivity contribution is 0.332. The van der Waals surface area contributed by atoms with Crippen LogP contribution in [0.15, 0.2) is 138 Å². The summed E-state index contributed by atoms with van der Waals surface area (Å²) >= 11 is 2.02. The highest BCUT2D eigenvalue weighted by atomic mass is 32.1. The number of thiophene rings is 1. The molecule has 2 aromatic heterocycles. The summed E-state index contributed by atoms with van der Waals surface area (Å²) < 4.78 is 9.50. The summed E-state index contributed by atoms with van der Waals surface area (Å²) in [5.74, 6) is 0. The van der Waals surface area contributed by atoms with Crippen molar-refractivity contribution in [3.63, 3.8) is 0 Å². The second kappa shape index (κ2) is 15.7. The van der Waals surface area contributed by atoms with Gasteiger partial charge in [0.1, 0.15) is 5.58 Å². The molecule has 5 heteroatoms. The fraction of sp³-hybridized carbons (Fsp3) is 0.284. The van der Waals surface area contributed by atoms with E-state index in [-0.39, 0.29) is 21.7 Å². The Bertz CT molecular complexity index is 3910. The number of benzene rings is 8. The first-order chi connectivity index (χ1) is 34.4. The monoisotopic (exact) mass is 956 g/mol. The van der Waals surface area contributed by atoms with Crippen molar-refractivity contribution in [3.05, 3.63) is 172 Å². The third-order valence-electron chi connectivity index (χ3n) is 17.8. The highest BCUT2D eigenvalue weighted by Crippen LogP contribution is 2.54. The molecule has 1 N–H and O–H groups in total.